The lowest BCUT2D eigenvalue weighted by atomic mass is 9.85. The van der Waals surface area contributed by atoms with Crippen molar-refractivity contribution >= 4 is 29.0 Å². The van der Waals surface area contributed by atoms with E-state index in [1.165, 1.54) is 23.6 Å². The average molecular weight is 356 g/mol. The average Bonchev–Trinajstić information content (AvgIpc) is 2.85. The number of amides is 1. The van der Waals surface area contributed by atoms with Crippen molar-refractivity contribution in [3.05, 3.63) is 63.7 Å². The molecule has 0 fully saturated rings. The van der Waals surface area contributed by atoms with Crippen molar-refractivity contribution in [2.45, 2.75) is 37.7 Å². The zero-order chi connectivity index (χ0) is 17.6. The molecule has 0 bridgehead atoms. The summed E-state index contributed by atoms with van der Waals surface area (Å²) in [7, 11) is 0. The Morgan fingerprint density at radius 2 is 1.88 bits per heavy atom. The number of carbonyl (C=O) groups is 2. The second kappa shape index (κ2) is 5.97. The maximum absolute atomic E-state index is 12.8. The molecular formula is C20H18ClNO3. The van der Waals surface area contributed by atoms with Crippen LogP contribution in [0, 0.1) is 0 Å². The minimum absolute atomic E-state index is 0.251. The topological polar surface area (TPSA) is 66.4 Å². The Morgan fingerprint density at radius 1 is 1.12 bits per heavy atom. The molecule has 1 amide bonds. The van der Waals surface area contributed by atoms with Gasteiger partial charge in [-0.25, -0.2) is 0 Å². The molecule has 4 rings (SSSR count). The van der Waals surface area contributed by atoms with Crippen molar-refractivity contribution in [1.29, 1.82) is 0 Å². The molecule has 128 valence electrons. The monoisotopic (exact) mass is 355 g/mol. The van der Waals surface area contributed by atoms with Crippen LogP contribution in [0.2, 0.25) is 5.02 Å². The van der Waals surface area contributed by atoms with Crippen molar-refractivity contribution < 1.29 is 14.7 Å². The molecule has 4 nitrogen and oxygen atoms in total. The summed E-state index contributed by atoms with van der Waals surface area (Å²) in [4.78, 5) is 25.1. The Balaban J connectivity index is 1.65. The van der Waals surface area contributed by atoms with Gasteiger partial charge in [0.15, 0.2) is 11.4 Å². The van der Waals surface area contributed by atoms with Crippen LogP contribution in [0.15, 0.2) is 36.4 Å². The summed E-state index contributed by atoms with van der Waals surface area (Å²) in [5, 5.41) is 13.9. The molecule has 2 aromatic rings. The molecule has 2 N–H and O–H groups in total. The van der Waals surface area contributed by atoms with Crippen LogP contribution in [0.25, 0.3) is 0 Å². The number of nitrogens with one attached hydrogen (secondary N) is 1. The molecule has 25 heavy (non-hydrogen) atoms. The summed E-state index contributed by atoms with van der Waals surface area (Å²) >= 11 is 6.00. The standard InChI is InChI=1S/C20H18ClNO3/c21-15-7-8-17-16(10-15)20(25,19(24)22-17)11-18(23)14-6-5-12-3-1-2-4-13(12)9-14/h5-10,25H,1-4,11H2,(H,22,24)/t20-/m0/s1. The highest BCUT2D eigenvalue weighted by atomic mass is 35.5. The summed E-state index contributed by atoms with van der Waals surface area (Å²) in [5.41, 5.74) is 2.00. The van der Waals surface area contributed by atoms with Crippen LogP contribution in [0.4, 0.5) is 5.69 Å². The van der Waals surface area contributed by atoms with Gasteiger partial charge in [-0.05, 0) is 61.1 Å². The van der Waals surface area contributed by atoms with E-state index in [9.17, 15) is 14.7 Å². The Labute approximate surface area is 150 Å². The number of aryl methyl sites for hydroxylation is 2. The third-order valence-electron chi connectivity index (χ3n) is 5.14. The van der Waals surface area contributed by atoms with Gasteiger partial charge in [0, 0.05) is 21.8 Å². The lowest BCUT2D eigenvalue weighted by Gasteiger charge is -2.21. The number of anilines is 1. The van der Waals surface area contributed by atoms with E-state index < -0.39 is 11.5 Å². The molecule has 0 saturated heterocycles. The van der Waals surface area contributed by atoms with Gasteiger partial charge in [-0.1, -0.05) is 23.7 Å². The van der Waals surface area contributed by atoms with Gasteiger partial charge < -0.3 is 10.4 Å². The number of ketones is 1. The first-order valence-corrected chi connectivity index (χ1v) is 8.84. The van der Waals surface area contributed by atoms with Gasteiger partial charge in [-0.15, -0.1) is 0 Å². The molecule has 0 aromatic heterocycles. The summed E-state index contributed by atoms with van der Waals surface area (Å²) < 4.78 is 0. The highest BCUT2D eigenvalue weighted by Gasteiger charge is 2.46. The van der Waals surface area contributed by atoms with Crippen LogP contribution in [-0.4, -0.2) is 16.8 Å². The summed E-state index contributed by atoms with van der Waals surface area (Å²) in [6, 6.07) is 10.5. The summed E-state index contributed by atoms with van der Waals surface area (Å²) in [5.74, 6) is -0.838. The molecule has 2 aromatic carbocycles. The van der Waals surface area contributed by atoms with Crippen LogP contribution in [0.5, 0.6) is 0 Å². The molecule has 1 aliphatic carbocycles. The van der Waals surface area contributed by atoms with E-state index in [2.05, 4.69) is 5.32 Å². The lowest BCUT2D eigenvalue weighted by Crippen LogP contribution is -2.36. The van der Waals surface area contributed by atoms with Crippen molar-refractivity contribution in [2.24, 2.45) is 0 Å². The summed E-state index contributed by atoms with van der Waals surface area (Å²) in [6.07, 6.45) is 4.02. The van der Waals surface area contributed by atoms with Crippen molar-refractivity contribution in [3.8, 4) is 0 Å². The van der Waals surface area contributed by atoms with Gasteiger partial charge in [-0.3, -0.25) is 9.59 Å². The van der Waals surface area contributed by atoms with Gasteiger partial charge in [0.2, 0.25) is 0 Å². The maximum Gasteiger partial charge on any atom is 0.261 e. The van der Waals surface area contributed by atoms with E-state index in [0.717, 1.165) is 19.3 Å². The normalized spacial score (nSPS) is 21.4. The first-order valence-electron chi connectivity index (χ1n) is 8.46. The predicted molar refractivity (Wildman–Crippen MR) is 96.0 cm³/mol. The Hall–Kier alpha value is -2.17. The number of fused-ring (bicyclic) bond motifs is 2. The molecule has 0 saturated carbocycles. The molecule has 0 radical (unpaired) electrons. The Bertz CT molecular complexity index is 893. The quantitative estimate of drug-likeness (QED) is 0.826. The zero-order valence-electron chi connectivity index (χ0n) is 13.6. The number of halogens is 1. The molecule has 1 aliphatic heterocycles. The van der Waals surface area contributed by atoms with E-state index in [1.807, 2.05) is 12.1 Å². The molecule has 2 aliphatic rings. The molecular weight excluding hydrogens is 338 g/mol. The molecule has 1 heterocycles. The van der Waals surface area contributed by atoms with Crippen LogP contribution in [-0.2, 0) is 23.2 Å². The van der Waals surface area contributed by atoms with Gasteiger partial charge >= 0.3 is 0 Å². The largest absolute Gasteiger partial charge is 0.375 e. The summed E-state index contributed by atoms with van der Waals surface area (Å²) in [6.45, 7) is 0. The van der Waals surface area contributed by atoms with Crippen LogP contribution in [0.3, 0.4) is 0 Å². The molecule has 5 heteroatoms. The second-order valence-electron chi connectivity index (χ2n) is 6.79. The van der Waals surface area contributed by atoms with Crippen LogP contribution >= 0.6 is 11.6 Å². The number of hydrogen-bond donors (Lipinski definition) is 2. The minimum Gasteiger partial charge on any atom is -0.375 e. The Morgan fingerprint density at radius 3 is 2.68 bits per heavy atom. The number of hydrogen-bond acceptors (Lipinski definition) is 3. The second-order valence-corrected chi connectivity index (χ2v) is 7.23. The fourth-order valence-electron chi connectivity index (χ4n) is 3.73. The van der Waals surface area contributed by atoms with Gasteiger partial charge in [0.1, 0.15) is 0 Å². The van der Waals surface area contributed by atoms with E-state index in [4.69, 9.17) is 11.6 Å². The SMILES string of the molecule is O=C(C[C@@]1(O)C(=O)Nc2ccc(Cl)cc21)c1ccc2c(c1)CCCC2. The van der Waals surface area contributed by atoms with Crippen molar-refractivity contribution in [3.63, 3.8) is 0 Å². The predicted octanol–water partition coefficient (Wildman–Crippen LogP) is 3.63. The lowest BCUT2D eigenvalue weighted by molar-refractivity contribution is -0.133. The molecule has 0 unspecified atom stereocenters. The van der Waals surface area contributed by atoms with Crippen LogP contribution < -0.4 is 5.32 Å². The smallest absolute Gasteiger partial charge is 0.261 e. The first kappa shape index (κ1) is 16.3. The number of rotatable bonds is 3. The van der Waals surface area contributed by atoms with Gasteiger partial charge in [0.25, 0.3) is 5.91 Å². The van der Waals surface area contributed by atoms with Crippen LogP contribution in [0.1, 0.15) is 46.3 Å². The number of aliphatic hydroxyl groups is 1. The van der Waals surface area contributed by atoms with Crippen molar-refractivity contribution in [2.75, 3.05) is 5.32 Å². The highest BCUT2D eigenvalue weighted by Crippen LogP contribution is 2.40. The molecule has 1 atom stereocenters. The molecule has 0 spiro atoms. The van der Waals surface area contributed by atoms with E-state index in [-0.39, 0.29) is 12.2 Å². The Kier molecular flexibility index (Phi) is 3.89. The number of carbonyl (C=O) groups excluding carboxylic acids is 2. The third-order valence-corrected chi connectivity index (χ3v) is 5.37. The number of benzene rings is 2. The maximum atomic E-state index is 12.8. The fourth-order valence-corrected chi connectivity index (χ4v) is 3.90. The van der Waals surface area contributed by atoms with Crippen molar-refractivity contribution in [1.82, 2.24) is 0 Å². The first-order chi connectivity index (χ1) is 12.0. The van der Waals surface area contributed by atoms with Gasteiger partial charge in [-0.2, -0.15) is 0 Å². The zero-order valence-corrected chi connectivity index (χ0v) is 14.4. The van der Waals surface area contributed by atoms with E-state index in [0.29, 0.717) is 21.8 Å². The number of Topliss-reactive ketones (excluding diaryl/α,β-unsaturated/α-hetero) is 1. The minimum atomic E-state index is -1.88. The van der Waals surface area contributed by atoms with E-state index in [1.54, 1.807) is 18.2 Å². The van der Waals surface area contributed by atoms with E-state index >= 15 is 0 Å². The highest BCUT2D eigenvalue weighted by molar-refractivity contribution is 6.31. The van der Waals surface area contributed by atoms with Gasteiger partial charge in [0.05, 0.1) is 6.42 Å². The third kappa shape index (κ3) is 2.75. The fraction of sp³-hybridized carbons (Fsp3) is 0.300.